The molecule has 0 aliphatic heterocycles. The molecule has 1 aromatic carbocycles. The van der Waals surface area contributed by atoms with Crippen LogP contribution in [0.15, 0.2) is 42.7 Å². The first-order valence-electron chi connectivity index (χ1n) is 5.35. The van der Waals surface area contributed by atoms with E-state index in [4.69, 9.17) is 0 Å². The van der Waals surface area contributed by atoms with Crippen molar-refractivity contribution in [2.24, 2.45) is 0 Å². The third-order valence-electron chi connectivity index (χ3n) is 2.57. The average molecular weight is 229 g/mol. The van der Waals surface area contributed by atoms with Crippen LogP contribution < -0.4 is 0 Å². The number of ketones is 1. The molecule has 3 heteroatoms. The highest BCUT2D eigenvalue weighted by Gasteiger charge is 2.08. The molecule has 0 amide bonds. The Kier molecular flexibility index (Phi) is 3.28. The van der Waals surface area contributed by atoms with Gasteiger partial charge in [0.1, 0.15) is 5.82 Å². The minimum absolute atomic E-state index is 0.0268. The van der Waals surface area contributed by atoms with Crippen LogP contribution in [0.25, 0.3) is 0 Å². The van der Waals surface area contributed by atoms with E-state index < -0.39 is 0 Å². The minimum Gasteiger partial charge on any atom is -0.294 e. The molecule has 0 fully saturated rings. The van der Waals surface area contributed by atoms with Crippen molar-refractivity contribution >= 4 is 5.78 Å². The van der Waals surface area contributed by atoms with Crippen LogP contribution in [0.4, 0.5) is 4.39 Å². The maximum Gasteiger partial charge on any atom is 0.167 e. The van der Waals surface area contributed by atoms with Crippen LogP contribution in [0.2, 0.25) is 0 Å². The Balaban J connectivity index is 2.18. The fraction of sp³-hybridized carbons (Fsp3) is 0.143. The van der Waals surface area contributed by atoms with Gasteiger partial charge in [0.25, 0.3) is 0 Å². The first kappa shape index (κ1) is 11.5. The summed E-state index contributed by atoms with van der Waals surface area (Å²) in [6, 6.07) is 8.06. The lowest BCUT2D eigenvalue weighted by Crippen LogP contribution is -2.04. The lowest BCUT2D eigenvalue weighted by Gasteiger charge is -2.03. The van der Waals surface area contributed by atoms with Crippen molar-refractivity contribution in [1.82, 2.24) is 4.98 Å². The van der Waals surface area contributed by atoms with Gasteiger partial charge in [-0.3, -0.25) is 9.78 Å². The van der Waals surface area contributed by atoms with Crippen molar-refractivity contribution in [3.8, 4) is 0 Å². The molecular weight excluding hydrogens is 217 g/mol. The van der Waals surface area contributed by atoms with Crippen molar-refractivity contribution in [3.05, 3.63) is 65.2 Å². The van der Waals surface area contributed by atoms with E-state index >= 15 is 0 Å². The van der Waals surface area contributed by atoms with Gasteiger partial charge < -0.3 is 0 Å². The molecule has 0 N–H and O–H groups in total. The number of carbonyl (C=O) groups excluding carboxylic acids is 1. The van der Waals surface area contributed by atoms with E-state index in [0.717, 1.165) is 5.56 Å². The Morgan fingerprint density at radius 1 is 1.35 bits per heavy atom. The summed E-state index contributed by atoms with van der Waals surface area (Å²) in [5.74, 6) is -0.316. The Morgan fingerprint density at radius 3 is 2.82 bits per heavy atom. The van der Waals surface area contributed by atoms with Crippen molar-refractivity contribution in [2.75, 3.05) is 0 Å². The summed E-state index contributed by atoms with van der Waals surface area (Å²) in [5, 5.41) is 0. The zero-order chi connectivity index (χ0) is 12.3. The molecule has 0 unspecified atom stereocenters. The predicted molar refractivity (Wildman–Crippen MR) is 63.4 cm³/mol. The van der Waals surface area contributed by atoms with Gasteiger partial charge in [-0.05, 0) is 42.3 Å². The van der Waals surface area contributed by atoms with Crippen molar-refractivity contribution in [2.45, 2.75) is 13.3 Å². The summed E-state index contributed by atoms with van der Waals surface area (Å²) in [4.78, 5) is 15.9. The maximum absolute atomic E-state index is 13.1. The second-order valence-electron chi connectivity index (χ2n) is 3.93. The molecule has 86 valence electrons. The molecule has 2 rings (SSSR count). The van der Waals surface area contributed by atoms with E-state index in [1.807, 2.05) is 6.07 Å². The van der Waals surface area contributed by atoms with Gasteiger partial charge >= 0.3 is 0 Å². The van der Waals surface area contributed by atoms with E-state index in [-0.39, 0.29) is 11.6 Å². The van der Waals surface area contributed by atoms with Gasteiger partial charge in [-0.15, -0.1) is 0 Å². The number of benzene rings is 1. The number of carbonyl (C=O) groups is 1. The standard InChI is InChI=1S/C14H12FNO/c1-10-7-12(4-5-13(10)15)14(17)8-11-3-2-6-16-9-11/h2-7,9H,8H2,1H3. The summed E-state index contributed by atoms with van der Waals surface area (Å²) in [7, 11) is 0. The van der Waals surface area contributed by atoms with Gasteiger partial charge in [0.2, 0.25) is 0 Å². The van der Waals surface area contributed by atoms with E-state index in [2.05, 4.69) is 4.98 Å². The molecule has 0 saturated heterocycles. The Hall–Kier alpha value is -2.03. The van der Waals surface area contributed by atoms with Gasteiger partial charge in [-0.2, -0.15) is 0 Å². The largest absolute Gasteiger partial charge is 0.294 e. The van der Waals surface area contributed by atoms with Gasteiger partial charge in [0.05, 0.1) is 0 Å². The second-order valence-corrected chi connectivity index (χ2v) is 3.93. The number of Topliss-reactive ketones (excluding diaryl/α,β-unsaturated/α-hetero) is 1. The highest BCUT2D eigenvalue weighted by Crippen LogP contribution is 2.12. The summed E-state index contributed by atoms with van der Waals surface area (Å²) >= 11 is 0. The van der Waals surface area contributed by atoms with Crippen molar-refractivity contribution in [1.29, 1.82) is 0 Å². The number of hydrogen-bond donors (Lipinski definition) is 0. The van der Waals surface area contributed by atoms with Crippen LogP contribution in [-0.2, 0) is 6.42 Å². The SMILES string of the molecule is Cc1cc(C(=O)Cc2cccnc2)ccc1F. The van der Waals surface area contributed by atoms with Crippen LogP contribution >= 0.6 is 0 Å². The van der Waals surface area contributed by atoms with Gasteiger partial charge in [0, 0.05) is 24.4 Å². The predicted octanol–water partition coefficient (Wildman–Crippen LogP) is 2.95. The number of aryl methyl sites for hydroxylation is 1. The molecule has 17 heavy (non-hydrogen) atoms. The molecule has 2 aromatic rings. The number of halogens is 1. The van der Waals surface area contributed by atoms with Crippen LogP contribution in [0.3, 0.4) is 0 Å². The molecule has 0 spiro atoms. The number of hydrogen-bond acceptors (Lipinski definition) is 2. The number of aromatic nitrogens is 1. The highest BCUT2D eigenvalue weighted by atomic mass is 19.1. The summed E-state index contributed by atoms with van der Waals surface area (Å²) in [5.41, 5.74) is 1.88. The zero-order valence-electron chi connectivity index (χ0n) is 9.48. The molecule has 0 radical (unpaired) electrons. The number of rotatable bonds is 3. The highest BCUT2D eigenvalue weighted by molar-refractivity contribution is 5.97. The van der Waals surface area contributed by atoms with Crippen molar-refractivity contribution in [3.63, 3.8) is 0 Å². The maximum atomic E-state index is 13.1. The summed E-state index contributed by atoms with van der Waals surface area (Å²) < 4.78 is 13.1. The number of nitrogens with zero attached hydrogens (tertiary/aromatic N) is 1. The average Bonchev–Trinajstić information content (AvgIpc) is 2.34. The molecule has 0 bridgehead atoms. The van der Waals surface area contributed by atoms with E-state index in [1.165, 1.54) is 12.1 Å². The van der Waals surface area contributed by atoms with Crippen LogP contribution in [0.5, 0.6) is 0 Å². The smallest absolute Gasteiger partial charge is 0.167 e. The van der Waals surface area contributed by atoms with Crippen LogP contribution in [0.1, 0.15) is 21.5 Å². The van der Waals surface area contributed by atoms with Crippen LogP contribution in [-0.4, -0.2) is 10.8 Å². The van der Waals surface area contributed by atoms with Crippen molar-refractivity contribution < 1.29 is 9.18 Å². The molecule has 0 aliphatic rings. The Bertz CT molecular complexity index is 537. The van der Waals surface area contributed by atoms with E-state index in [9.17, 15) is 9.18 Å². The molecule has 1 aromatic heterocycles. The molecular formula is C14H12FNO. The topological polar surface area (TPSA) is 30.0 Å². The van der Waals surface area contributed by atoms with E-state index in [0.29, 0.717) is 17.5 Å². The normalized spacial score (nSPS) is 10.2. The lowest BCUT2D eigenvalue weighted by molar-refractivity contribution is 0.0992. The quantitative estimate of drug-likeness (QED) is 0.757. The van der Waals surface area contributed by atoms with Crippen LogP contribution in [0, 0.1) is 12.7 Å². The van der Waals surface area contributed by atoms with Gasteiger partial charge in [-0.1, -0.05) is 6.07 Å². The Labute approximate surface area is 99.1 Å². The first-order valence-corrected chi connectivity index (χ1v) is 5.35. The fourth-order valence-corrected chi connectivity index (χ4v) is 1.61. The molecule has 1 heterocycles. The van der Waals surface area contributed by atoms with Gasteiger partial charge in [-0.25, -0.2) is 4.39 Å². The molecule has 2 nitrogen and oxygen atoms in total. The summed E-state index contributed by atoms with van der Waals surface area (Å²) in [6.07, 6.45) is 3.61. The third-order valence-corrected chi connectivity index (χ3v) is 2.57. The van der Waals surface area contributed by atoms with Gasteiger partial charge in [0.15, 0.2) is 5.78 Å². The minimum atomic E-state index is -0.289. The number of pyridine rings is 1. The first-order chi connectivity index (χ1) is 8.16. The fourth-order valence-electron chi connectivity index (χ4n) is 1.61. The van der Waals surface area contributed by atoms with E-state index in [1.54, 1.807) is 31.5 Å². The second kappa shape index (κ2) is 4.87. The monoisotopic (exact) mass is 229 g/mol. The molecule has 0 aliphatic carbocycles. The molecule has 0 atom stereocenters. The lowest BCUT2D eigenvalue weighted by atomic mass is 10.0. The Morgan fingerprint density at radius 2 is 2.18 bits per heavy atom. The summed E-state index contributed by atoms with van der Waals surface area (Å²) in [6.45, 7) is 1.65. The zero-order valence-corrected chi connectivity index (χ0v) is 9.48. The third kappa shape index (κ3) is 2.75. The molecule has 0 saturated carbocycles.